The maximum Gasteiger partial charge on any atom is 0.256 e. The van der Waals surface area contributed by atoms with E-state index in [1.165, 1.54) is 22.7 Å². The SMILES string of the molecule is CCc1ccnc(C(=O)c2cccnc2)c1C(=O)N1CCC(c2cn(CC)c3ccccc23)C1. The summed E-state index contributed by atoms with van der Waals surface area (Å²) in [5.74, 6) is -0.117. The van der Waals surface area contributed by atoms with Gasteiger partial charge in [-0.2, -0.15) is 0 Å². The van der Waals surface area contributed by atoms with Gasteiger partial charge in [-0.1, -0.05) is 25.1 Å². The maximum absolute atomic E-state index is 13.8. The van der Waals surface area contributed by atoms with Crippen LogP contribution in [0.2, 0.25) is 0 Å². The lowest BCUT2D eigenvalue weighted by atomic mass is 9.97. The Balaban J connectivity index is 1.47. The number of aryl methyl sites for hydroxylation is 2. The zero-order valence-electron chi connectivity index (χ0n) is 19.6. The highest BCUT2D eigenvalue weighted by Crippen LogP contribution is 2.35. The van der Waals surface area contributed by atoms with Gasteiger partial charge in [0.1, 0.15) is 5.69 Å². The van der Waals surface area contributed by atoms with Crippen LogP contribution in [-0.4, -0.2) is 44.2 Å². The number of aromatic nitrogens is 3. The molecule has 1 unspecified atom stereocenters. The first-order valence-electron chi connectivity index (χ1n) is 11.9. The molecule has 4 heterocycles. The third-order valence-electron chi connectivity index (χ3n) is 6.85. The van der Waals surface area contributed by atoms with Gasteiger partial charge >= 0.3 is 0 Å². The summed E-state index contributed by atoms with van der Waals surface area (Å²) in [6, 6.07) is 13.7. The number of para-hydroxylation sites is 1. The van der Waals surface area contributed by atoms with Gasteiger partial charge in [0.2, 0.25) is 5.78 Å². The molecule has 0 bridgehead atoms. The molecule has 1 aliphatic rings. The Morgan fingerprint density at radius 2 is 1.91 bits per heavy atom. The molecule has 1 atom stereocenters. The zero-order valence-corrected chi connectivity index (χ0v) is 19.6. The van der Waals surface area contributed by atoms with Gasteiger partial charge in [0.05, 0.1) is 5.56 Å². The molecule has 4 aromatic rings. The number of likely N-dealkylation sites (tertiary alicyclic amines) is 1. The minimum Gasteiger partial charge on any atom is -0.347 e. The number of benzene rings is 1. The van der Waals surface area contributed by atoms with Crippen molar-refractivity contribution < 1.29 is 9.59 Å². The number of carbonyl (C=O) groups is 2. The highest BCUT2D eigenvalue weighted by atomic mass is 16.2. The fourth-order valence-electron chi connectivity index (χ4n) is 5.06. The van der Waals surface area contributed by atoms with Crippen LogP contribution in [0.1, 0.15) is 63.7 Å². The Morgan fingerprint density at radius 3 is 2.68 bits per heavy atom. The summed E-state index contributed by atoms with van der Waals surface area (Å²) in [7, 11) is 0. The van der Waals surface area contributed by atoms with Gasteiger partial charge in [-0.25, -0.2) is 0 Å². The first-order valence-corrected chi connectivity index (χ1v) is 11.9. The molecule has 1 aliphatic heterocycles. The van der Waals surface area contributed by atoms with Gasteiger partial charge in [0, 0.05) is 66.8 Å². The largest absolute Gasteiger partial charge is 0.347 e. The van der Waals surface area contributed by atoms with Crippen molar-refractivity contribution >= 4 is 22.6 Å². The first-order chi connectivity index (χ1) is 16.6. The highest BCUT2D eigenvalue weighted by Gasteiger charge is 2.33. The average molecular weight is 453 g/mol. The van der Waals surface area contributed by atoms with Crippen LogP contribution in [0.5, 0.6) is 0 Å². The van der Waals surface area contributed by atoms with E-state index in [2.05, 4.69) is 51.9 Å². The molecule has 1 amide bonds. The van der Waals surface area contributed by atoms with Crippen LogP contribution in [0.3, 0.4) is 0 Å². The Labute approximate surface area is 199 Å². The Morgan fingerprint density at radius 1 is 1.06 bits per heavy atom. The lowest BCUT2D eigenvalue weighted by Crippen LogP contribution is -2.31. The molecule has 5 rings (SSSR count). The molecule has 0 N–H and O–H groups in total. The zero-order chi connectivity index (χ0) is 23.7. The number of amides is 1. The van der Waals surface area contributed by atoms with Crippen molar-refractivity contribution in [2.75, 3.05) is 13.1 Å². The van der Waals surface area contributed by atoms with Crippen molar-refractivity contribution in [3.63, 3.8) is 0 Å². The van der Waals surface area contributed by atoms with E-state index in [0.717, 1.165) is 18.5 Å². The topological polar surface area (TPSA) is 68.1 Å². The Bertz CT molecular complexity index is 1360. The summed E-state index contributed by atoms with van der Waals surface area (Å²) >= 11 is 0. The lowest BCUT2D eigenvalue weighted by Gasteiger charge is -2.20. The summed E-state index contributed by atoms with van der Waals surface area (Å²) in [6.45, 7) is 6.35. The quantitative estimate of drug-likeness (QED) is 0.391. The third kappa shape index (κ3) is 3.79. The number of hydrogen-bond donors (Lipinski definition) is 0. The summed E-state index contributed by atoms with van der Waals surface area (Å²) < 4.78 is 2.27. The van der Waals surface area contributed by atoms with E-state index in [4.69, 9.17) is 0 Å². The monoisotopic (exact) mass is 452 g/mol. The van der Waals surface area contributed by atoms with Gasteiger partial charge in [-0.3, -0.25) is 19.6 Å². The van der Waals surface area contributed by atoms with E-state index in [9.17, 15) is 9.59 Å². The van der Waals surface area contributed by atoms with Crippen molar-refractivity contribution in [1.29, 1.82) is 0 Å². The van der Waals surface area contributed by atoms with Gasteiger partial charge in [-0.15, -0.1) is 0 Å². The predicted molar refractivity (Wildman–Crippen MR) is 132 cm³/mol. The smallest absolute Gasteiger partial charge is 0.256 e. The second-order valence-corrected chi connectivity index (χ2v) is 8.74. The number of rotatable bonds is 6. The number of fused-ring (bicyclic) bond motifs is 1. The van der Waals surface area contributed by atoms with Crippen LogP contribution in [0.4, 0.5) is 0 Å². The highest BCUT2D eigenvalue weighted by molar-refractivity contribution is 6.14. The Hall–Kier alpha value is -3.80. The number of hydrogen-bond acceptors (Lipinski definition) is 4. The van der Waals surface area contributed by atoms with Crippen molar-refractivity contribution in [2.24, 2.45) is 0 Å². The maximum atomic E-state index is 13.8. The van der Waals surface area contributed by atoms with E-state index in [1.54, 1.807) is 24.5 Å². The normalized spacial score (nSPS) is 15.7. The van der Waals surface area contributed by atoms with Crippen molar-refractivity contribution in [1.82, 2.24) is 19.4 Å². The van der Waals surface area contributed by atoms with Crippen LogP contribution < -0.4 is 0 Å². The minimum absolute atomic E-state index is 0.112. The first kappa shape index (κ1) is 22.0. The van der Waals surface area contributed by atoms with Crippen LogP contribution >= 0.6 is 0 Å². The van der Waals surface area contributed by atoms with E-state index in [0.29, 0.717) is 30.6 Å². The molecule has 0 saturated carbocycles. The molecule has 0 radical (unpaired) electrons. The summed E-state index contributed by atoms with van der Waals surface area (Å²) in [6.07, 6.45) is 8.55. The van der Waals surface area contributed by atoms with Crippen molar-refractivity contribution in [2.45, 2.75) is 39.2 Å². The standard InChI is InChI=1S/C28H28N4O2/c1-3-19-11-14-30-26(27(33)20-8-7-13-29-16-20)25(19)28(34)32-15-12-21(17-32)23-18-31(4-2)24-10-6-5-9-22(23)24/h5-11,13-14,16,18,21H,3-4,12,15,17H2,1-2H3. The van der Waals surface area contributed by atoms with Crippen molar-refractivity contribution in [3.05, 3.63) is 95.2 Å². The van der Waals surface area contributed by atoms with Crippen LogP contribution in [-0.2, 0) is 13.0 Å². The van der Waals surface area contributed by atoms with Crippen molar-refractivity contribution in [3.8, 4) is 0 Å². The molecule has 34 heavy (non-hydrogen) atoms. The fraction of sp³-hybridized carbons (Fsp3) is 0.286. The minimum atomic E-state index is -0.270. The van der Waals surface area contributed by atoms with Crippen LogP contribution in [0.25, 0.3) is 10.9 Å². The molecule has 1 aromatic carbocycles. The summed E-state index contributed by atoms with van der Waals surface area (Å²) in [5, 5.41) is 1.26. The molecule has 172 valence electrons. The molecule has 3 aromatic heterocycles. The van der Waals surface area contributed by atoms with Crippen LogP contribution in [0, 0.1) is 0 Å². The number of carbonyl (C=O) groups excluding carboxylic acids is 2. The molecule has 6 nitrogen and oxygen atoms in total. The van der Waals surface area contributed by atoms with Gasteiger partial charge < -0.3 is 9.47 Å². The van der Waals surface area contributed by atoms with Gasteiger partial charge in [0.25, 0.3) is 5.91 Å². The van der Waals surface area contributed by atoms with E-state index >= 15 is 0 Å². The summed E-state index contributed by atoms with van der Waals surface area (Å²) in [5.41, 5.74) is 4.44. The predicted octanol–water partition coefficient (Wildman–Crippen LogP) is 4.87. The van der Waals surface area contributed by atoms with Gasteiger partial charge in [-0.05, 0) is 55.2 Å². The average Bonchev–Trinajstić information content (AvgIpc) is 3.53. The van der Waals surface area contributed by atoms with Crippen LogP contribution in [0.15, 0.2) is 67.3 Å². The second kappa shape index (κ2) is 9.21. The van der Waals surface area contributed by atoms with Gasteiger partial charge in [0.15, 0.2) is 0 Å². The van der Waals surface area contributed by atoms with E-state index in [1.807, 2.05) is 17.9 Å². The molecule has 0 aliphatic carbocycles. The summed E-state index contributed by atoms with van der Waals surface area (Å²) in [4.78, 5) is 37.4. The third-order valence-corrected chi connectivity index (χ3v) is 6.85. The molecule has 1 fully saturated rings. The molecule has 6 heteroatoms. The van der Waals surface area contributed by atoms with E-state index < -0.39 is 0 Å². The number of ketones is 1. The Kier molecular flexibility index (Phi) is 5.97. The second-order valence-electron chi connectivity index (χ2n) is 8.74. The molecular weight excluding hydrogens is 424 g/mol. The fourth-order valence-corrected chi connectivity index (χ4v) is 5.06. The van der Waals surface area contributed by atoms with E-state index in [-0.39, 0.29) is 23.3 Å². The number of pyridine rings is 2. The lowest BCUT2D eigenvalue weighted by molar-refractivity contribution is 0.0784. The molecular formula is C28H28N4O2. The molecule has 0 spiro atoms. The molecule has 1 saturated heterocycles. The number of nitrogens with zero attached hydrogens (tertiary/aromatic N) is 4.